The van der Waals surface area contributed by atoms with Crippen molar-refractivity contribution in [3.8, 4) is 11.5 Å². The van der Waals surface area contributed by atoms with Crippen LogP contribution < -0.4 is 9.47 Å². The molecule has 1 aromatic carbocycles. The van der Waals surface area contributed by atoms with E-state index >= 15 is 0 Å². The second kappa shape index (κ2) is 6.83. The molecule has 3 aliphatic heterocycles. The summed E-state index contributed by atoms with van der Waals surface area (Å²) in [4.78, 5) is 7.28. The topological polar surface area (TPSA) is 34.6 Å². The van der Waals surface area contributed by atoms with Crippen molar-refractivity contribution in [1.29, 1.82) is 0 Å². The molecule has 0 amide bonds. The largest absolute Gasteiger partial charge is 0.497 e. The molecule has 134 valence electrons. The van der Waals surface area contributed by atoms with Crippen LogP contribution in [0, 0.1) is 11.8 Å². The number of hydrogen-bond donors (Lipinski definition) is 0. The average Bonchev–Trinajstić information content (AvgIpc) is 2.67. The highest BCUT2D eigenvalue weighted by molar-refractivity contribution is 5.89. The summed E-state index contributed by atoms with van der Waals surface area (Å²) in [6, 6.07) is 6.84. The Hall–Kier alpha value is -1.81. The van der Waals surface area contributed by atoms with Gasteiger partial charge >= 0.3 is 0 Å². The van der Waals surface area contributed by atoms with Gasteiger partial charge in [-0.05, 0) is 55.3 Å². The minimum absolute atomic E-state index is 0.657. The standard InChI is InChI=1S/C21H28N2O2/c1-4-14-13-23-8-6-15(14)9-17(23)10-16-5-7-22-21-19(16)11-18(24-2)12-20(21)25-3/h5,7,11-12,14-15,17H,4,6,8-10,13H2,1-3H3/t14-,15-,17-/m0/s1. The SMILES string of the molecule is CC[C@H]1CN2CC[C@H]1C[C@H]2Cc1ccnc2c(OC)cc(OC)cc12. The summed E-state index contributed by atoms with van der Waals surface area (Å²) in [5.41, 5.74) is 2.29. The van der Waals surface area contributed by atoms with Gasteiger partial charge in [0.2, 0.25) is 0 Å². The van der Waals surface area contributed by atoms with Crippen molar-refractivity contribution in [3.05, 3.63) is 30.0 Å². The fourth-order valence-electron chi connectivity index (χ4n) is 4.88. The van der Waals surface area contributed by atoms with E-state index in [0.29, 0.717) is 6.04 Å². The van der Waals surface area contributed by atoms with E-state index in [-0.39, 0.29) is 0 Å². The van der Waals surface area contributed by atoms with Crippen LogP contribution >= 0.6 is 0 Å². The highest BCUT2D eigenvalue weighted by Gasteiger charge is 2.39. The molecule has 0 aliphatic carbocycles. The molecule has 0 spiro atoms. The van der Waals surface area contributed by atoms with Crippen LogP contribution in [0.2, 0.25) is 0 Å². The Kier molecular flexibility index (Phi) is 4.55. The number of piperidine rings is 3. The molecule has 1 unspecified atom stereocenters. The number of hydrogen-bond acceptors (Lipinski definition) is 4. The van der Waals surface area contributed by atoms with E-state index in [4.69, 9.17) is 9.47 Å². The third-order valence-electron chi connectivity index (χ3n) is 6.32. The molecular weight excluding hydrogens is 312 g/mol. The maximum atomic E-state index is 5.54. The molecule has 2 aromatic rings. The van der Waals surface area contributed by atoms with Crippen LogP contribution in [0.15, 0.2) is 24.4 Å². The van der Waals surface area contributed by atoms with E-state index in [9.17, 15) is 0 Å². The summed E-state index contributed by atoms with van der Waals surface area (Å²) in [6.45, 7) is 4.89. The molecule has 4 heterocycles. The van der Waals surface area contributed by atoms with Gasteiger partial charge in [-0.2, -0.15) is 0 Å². The van der Waals surface area contributed by atoms with Crippen LogP contribution in [-0.4, -0.2) is 43.2 Å². The molecule has 5 rings (SSSR count). The molecule has 3 aliphatic rings. The normalized spacial score (nSPS) is 28.3. The van der Waals surface area contributed by atoms with Crippen LogP contribution in [0.25, 0.3) is 10.9 Å². The Balaban J connectivity index is 1.66. The summed E-state index contributed by atoms with van der Waals surface area (Å²) in [7, 11) is 3.40. The van der Waals surface area contributed by atoms with Crippen LogP contribution in [0.4, 0.5) is 0 Å². The van der Waals surface area contributed by atoms with Gasteiger partial charge in [-0.1, -0.05) is 13.3 Å². The first-order valence-electron chi connectivity index (χ1n) is 9.47. The van der Waals surface area contributed by atoms with Crippen molar-refractivity contribution in [3.63, 3.8) is 0 Å². The van der Waals surface area contributed by atoms with Crippen LogP contribution in [-0.2, 0) is 6.42 Å². The van der Waals surface area contributed by atoms with Gasteiger partial charge in [0.1, 0.15) is 17.0 Å². The van der Waals surface area contributed by atoms with Gasteiger partial charge in [-0.3, -0.25) is 9.88 Å². The van der Waals surface area contributed by atoms with E-state index in [2.05, 4.69) is 28.9 Å². The molecule has 3 saturated heterocycles. The summed E-state index contributed by atoms with van der Waals surface area (Å²) in [5.74, 6) is 3.43. The molecule has 0 N–H and O–H groups in total. The van der Waals surface area contributed by atoms with Gasteiger partial charge < -0.3 is 9.47 Å². The predicted octanol–water partition coefficient (Wildman–Crippen LogP) is 3.91. The van der Waals surface area contributed by atoms with Crippen molar-refractivity contribution in [1.82, 2.24) is 9.88 Å². The monoisotopic (exact) mass is 340 g/mol. The number of pyridine rings is 1. The second-order valence-electron chi connectivity index (χ2n) is 7.50. The predicted molar refractivity (Wildman–Crippen MR) is 100 cm³/mol. The lowest BCUT2D eigenvalue weighted by Crippen LogP contribution is -2.53. The van der Waals surface area contributed by atoms with Crippen molar-refractivity contribution in [2.24, 2.45) is 11.8 Å². The minimum atomic E-state index is 0.657. The lowest BCUT2D eigenvalue weighted by atomic mass is 9.73. The fraction of sp³-hybridized carbons (Fsp3) is 0.571. The molecule has 0 radical (unpaired) electrons. The highest BCUT2D eigenvalue weighted by Crippen LogP contribution is 2.40. The smallest absolute Gasteiger partial charge is 0.148 e. The number of nitrogens with zero attached hydrogens (tertiary/aromatic N) is 2. The molecular formula is C21H28N2O2. The zero-order chi connectivity index (χ0) is 17.4. The van der Waals surface area contributed by atoms with Gasteiger partial charge in [0.15, 0.2) is 0 Å². The first-order chi connectivity index (χ1) is 12.2. The van der Waals surface area contributed by atoms with Gasteiger partial charge in [-0.15, -0.1) is 0 Å². The first-order valence-corrected chi connectivity index (χ1v) is 9.47. The number of methoxy groups -OCH3 is 2. The highest BCUT2D eigenvalue weighted by atomic mass is 16.5. The second-order valence-corrected chi connectivity index (χ2v) is 7.50. The van der Waals surface area contributed by atoms with Crippen LogP contribution in [0.5, 0.6) is 11.5 Å². The summed E-state index contributed by atoms with van der Waals surface area (Å²) < 4.78 is 11.0. The Morgan fingerprint density at radius 3 is 2.80 bits per heavy atom. The van der Waals surface area contributed by atoms with Gasteiger partial charge in [0, 0.05) is 30.2 Å². The van der Waals surface area contributed by atoms with Crippen molar-refractivity contribution in [2.45, 2.75) is 38.6 Å². The lowest BCUT2D eigenvalue weighted by Gasteiger charge is -2.50. The maximum Gasteiger partial charge on any atom is 0.148 e. The minimum Gasteiger partial charge on any atom is -0.497 e. The van der Waals surface area contributed by atoms with Gasteiger partial charge in [0.25, 0.3) is 0 Å². The Bertz CT molecular complexity index is 761. The van der Waals surface area contributed by atoms with Crippen molar-refractivity contribution in [2.75, 3.05) is 27.3 Å². The quantitative estimate of drug-likeness (QED) is 0.826. The number of aromatic nitrogens is 1. The van der Waals surface area contributed by atoms with E-state index in [0.717, 1.165) is 40.7 Å². The van der Waals surface area contributed by atoms with Crippen LogP contribution in [0.1, 0.15) is 31.7 Å². The summed E-state index contributed by atoms with van der Waals surface area (Å²) in [5, 5.41) is 1.16. The Morgan fingerprint density at radius 1 is 1.24 bits per heavy atom. The third kappa shape index (κ3) is 2.97. The van der Waals surface area contributed by atoms with Crippen molar-refractivity contribution < 1.29 is 9.47 Å². The number of fused-ring (bicyclic) bond motifs is 4. The molecule has 1 aromatic heterocycles. The zero-order valence-corrected chi connectivity index (χ0v) is 15.5. The van der Waals surface area contributed by atoms with E-state index in [1.54, 1.807) is 14.2 Å². The third-order valence-corrected chi connectivity index (χ3v) is 6.32. The number of benzene rings is 1. The van der Waals surface area contributed by atoms with Crippen LogP contribution in [0.3, 0.4) is 0 Å². The summed E-state index contributed by atoms with van der Waals surface area (Å²) in [6.07, 6.45) is 7.04. The Morgan fingerprint density at radius 2 is 2.12 bits per heavy atom. The number of ether oxygens (including phenoxy) is 2. The van der Waals surface area contributed by atoms with E-state index < -0.39 is 0 Å². The molecule has 25 heavy (non-hydrogen) atoms. The van der Waals surface area contributed by atoms with E-state index in [1.165, 1.54) is 37.9 Å². The zero-order valence-electron chi connectivity index (χ0n) is 15.5. The molecule has 4 nitrogen and oxygen atoms in total. The fourth-order valence-corrected chi connectivity index (χ4v) is 4.88. The lowest BCUT2D eigenvalue weighted by molar-refractivity contribution is 0.000317. The molecule has 0 saturated carbocycles. The number of rotatable bonds is 5. The van der Waals surface area contributed by atoms with Gasteiger partial charge in [0.05, 0.1) is 14.2 Å². The van der Waals surface area contributed by atoms with Gasteiger partial charge in [-0.25, -0.2) is 0 Å². The van der Waals surface area contributed by atoms with Crippen molar-refractivity contribution >= 4 is 10.9 Å². The molecule has 4 atom stereocenters. The molecule has 4 heteroatoms. The Labute approximate surface area is 150 Å². The summed E-state index contributed by atoms with van der Waals surface area (Å²) >= 11 is 0. The van der Waals surface area contributed by atoms with E-state index in [1.807, 2.05) is 12.3 Å². The average molecular weight is 340 g/mol. The first kappa shape index (κ1) is 16.6. The molecule has 2 bridgehead atoms. The molecule has 3 fully saturated rings. The maximum absolute atomic E-state index is 5.54.